The second kappa shape index (κ2) is 4.92. The maximum absolute atomic E-state index is 13.5. The standard InChI is InChI=1S/C9H10BrFN2O5/c10-3-1-13(9(17)12-7(3)16)8-6(15)5(11)4(2-14)18-8/h1,4-6,8,14-15H,2H2,(H,12,16,17)/t4-,5?,6?,8-/m0/s1. The maximum atomic E-state index is 13.5. The number of aromatic nitrogens is 2. The highest BCUT2D eigenvalue weighted by molar-refractivity contribution is 9.10. The molecule has 1 fully saturated rings. The van der Waals surface area contributed by atoms with Gasteiger partial charge in [0.1, 0.15) is 12.2 Å². The molecule has 2 unspecified atom stereocenters. The normalized spacial score (nSPS) is 31.8. The summed E-state index contributed by atoms with van der Waals surface area (Å²) in [4.78, 5) is 24.7. The zero-order chi connectivity index (χ0) is 13.4. The van der Waals surface area contributed by atoms with Crippen LogP contribution in [0.2, 0.25) is 0 Å². The predicted molar refractivity (Wildman–Crippen MR) is 60.9 cm³/mol. The van der Waals surface area contributed by atoms with Crippen molar-refractivity contribution in [2.75, 3.05) is 6.61 Å². The molecule has 0 saturated carbocycles. The van der Waals surface area contributed by atoms with Crippen LogP contribution in [0.5, 0.6) is 0 Å². The third-order valence-electron chi connectivity index (χ3n) is 2.67. The van der Waals surface area contributed by atoms with Crippen LogP contribution in [-0.4, -0.2) is 44.8 Å². The average Bonchev–Trinajstić information content (AvgIpc) is 2.61. The number of alkyl halides is 1. The summed E-state index contributed by atoms with van der Waals surface area (Å²) >= 11 is 2.91. The molecular formula is C9H10BrFN2O5. The number of rotatable bonds is 2. The number of aromatic amines is 1. The Bertz CT molecular complexity index is 559. The molecule has 2 rings (SSSR count). The zero-order valence-corrected chi connectivity index (χ0v) is 10.5. The molecule has 0 aliphatic carbocycles. The fourth-order valence-corrected chi connectivity index (χ4v) is 2.06. The van der Waals surface area contributed by atoms with Crippen molar-refractivity contribution in [1.82, 2.24) is 9.55 Å². The second-order valence-corrected chi connectivity index (χ2v) is 4.68. The van der Waals surface area contributed by atoms with E-state index in [-0.39, 0.29) is 4.47 Å². The molecule has 0 aromatic carbocycles. The number of hydrogen-bond donors (Lipinski definition) is 3. The van der Waals surface area contributed by atoms with E-state index in [9.17, 15) is 19.1 Å². The molecule has 18 heavy (non-hydrogen) atoms. The largest absolute Gasteiger partial charge is 0.394 e. The first-order chi connectivity index (χ1) is 8.45. The molecule has 3 N–H and O–H groups in total. The number of H-pyrrole nitrogens is 1. The molecular weight excluding hydrogens is 315 g/mol. The second-order valence-electron chi connectivity index (χ2n) is 3.83. The molecule has 1 aliphatic rings. The molecule has 1 aromatic rings. The van der Waals surface area contributed by atoms with Gasteiger partial charge in [-0.2, -0.15) is 0 Å². The molecule has 100 valence electrons. The summed E-state index contributed by atoms with van der Waals surface area (Å²) in [5.74, 6) is 0. The van der Waals surface area contributed by atoms with Crippen LogP contribution < -0.4 is 11.2 Å². The summed E-state index contributed by atoms with van der Waals surface area (Å²) in [5.41, 5.74) is -1.47. The van der Waals surface area contributed by atoms with Crippen molar-refractivity contribution in [1.29, 1.82) is 0 Å². The Morgan fingerprint density at radius 3 is 2.78 bits per heavy atom. The zero-order valence-electron chi connectivity index (χ0n) is 8.92. The van der Waals surface area contributed by atoms with E-state index >= 15 is 0 Å². The third-order valence-corrected chi connectivity index (χ3v) is 3.23. The van der Waals surface area contributed by atoms with Gasteiger partial charge in [0.2, 0.25) is 0 Å². The number of hydrogen-bond acceptors (Lipinski definition) is 5. The van der Waals surface area contributed by atoms with Crippen LogP contribution in [0.15, 0.2) is 20.3 Å². The third kappa shape index (κ3) is 2.14. The summed E-state index contributed by atoms with van der Waals surface area (Å²) < 4.78 is 19.4. The van der Waals surface area contributed by atoms with Crippen LogP contribution in [-0.2, 0) is 4.74 Å². The van der Waals surface area contributed by atoms with Crippen LogP contribution in [0.3, 0.4) is 0 Å². The molecule has 1 saturated heterocycles. The van der Waals surface area contributed by atoms with Crippen molar-refractivity contribution in [3.05, 3.63) is 31.5 Å². The fraction of sp³-hybridized carbons (Fsp3) is 0.556. The average molecular weight is 325 g/mol. The molecule has 0 radical (unpaired) electrons. The topological polar surface area (TPSA) is 105 Å². The Labute approximate surface area is 108 Å². The smallest absolute Gasteiger partial charge is 0.330 e. The Morgan fingerprint density at radius 2 is 2.22 bits per heavy atom. The van der Waals surface area contributed by atoms with Gasteiger partial charge in [-0.15, -0.1) is 0 Å². The van der Waals surface area contributed by atoms with E-state index in [0.717, 1.165) is 10.8 Å². The van der Waals surface area contributed by atoms with Crippen molar-refractivity contribution in [3.8, 4) is 0 Å². The molecule has 4 atom stereocenters. The number of aliphatic hydroxyl groups excluding tert-OH is 2. The minimum Gasteiger partial charge on any atom is -0.394 e. The lowest BCUT2D eigenvalue weighted by Gasteiger charge is -2.16. The highest BCUT2D eigenvalue weighted by Crippen LogP contribution is 2.30. The number of aliphatic hydroxyl groups is 2. The van der Waals surface area contributed by atoms with E-state index in [4.69, 9.17) is 9.84 Å². The Kier molecular flexibility index (Phi) is 3.66. The molecule has 2 heterocycles. The molecule has 1 aromatic heterocycles. The summed E-state index contributed by atoms with van der Waals surface area (Å²) in [7, 11) is 0. The quantitative estimate of drug-likeness (QED) is 0.639. The lowest BCUT2D eigenvalue weighted by molar-refractivity contribution is -0.0538. The van der Waals surface area contributed by atoms with Crippen LogP contribution in [0, 0.1) is 0 Å². The van der Waals surface area contributed by atoms with Crippen LogP contribution in [0.4, 0.5) is 4.39 Å². The van der Waals surface area contributed by atoms with E-state index < -0.39 is 42.5 Å². The van der Waals surface area contributed by atoms with Gasteiger partial charge in [0.25, 0.3) is 5.56 Å². The van der Waals surface area contributed by atoms with Crippen LogP contribution >= 0.6 is 15.9 Å². The van der Waals surface area contributed by atoms with Crippen molar-refractivity contribution >= 4 is 15.9 Å². The molecule has 9 heteroatoms. The molecule has 0 spiro atoms. The maximum Gasteiger partial charge on any atom is 0.330 e. The van der Waals surface area contributed by atoms with E-state index in [1.54, 1.807) is 0 Å². The number of nitrogens with zero attached hydrogens (tertiary/aromatic N) is 1. The lowest BCUT2D eigenvalue weighted by atomic mass is 10.1. The molecule has 1 aliphatic heterocycles. The number of ether oxygens (including phenoxy) is 1. The van der Waals surface area contributed by atoms with Gasteiger partial charge in [-0.05, 0) is 15.9 Å². The van der Waals surface area contributed by atoms with Crippen molar-refractivity contribution in [2.45, 2.75) is 24.6 Å². The van der Waals surface area contributed by atoms with Crippen LogP contribution in [0.1, 0.15) is 6.23 Å². The Hall–Kier alpha value is -1.03. The first-order valence-electron chi connectivity index (χ1n) is 5.05. The fourth-order valence-electron chi connectivity index (χ4n) is 1.74. The first kappa shape index (κ1) is 13.4. The van der Waals surface area contributed by atoms with Gasteiger partial charge in [0.05, 0.1) is 11.1 Å². The summed E-state index contributed by atoms with van der Waals surface area (Å²) in [6.07, 6.45) is -4.81. The Morgan fingerprint density at radius 1 is 1.56 bits per heavy atom. The molecule has 0 bridgehead atoms. The van der Waals surface area contributed by atoms with E-state index in [2.05, 4.69) is 15.9 Å². The minimum atomic E-state index is -1.81. The summed E-state index contributed by atoms with van der Waals surface area (Å²) in [6, 6.07) is 0. The van der Waals surface area contributed by atoms with Crippen molar-refractivity contribution in [3.63, 3.8) is 0 Å². The number of halogens is 2. The minimum absolute atomic E-state index is 0.0424. The van der Waals surface area contributed by atoms with E-state index in [1.807, 2.05) is 4.98 Å². The first-order valence-corrected chi connectivity index (χ1v) is 5.84. The van der Waals surface area contributed by atoms with Gasteiger partial charge < -0.3 is 14.9 Å². The van der Waals surface area contributed by atoms with Gasteiger partial charge in [-0.3, -0.25) is 14.3 Å². The SMILES string of the molecule is O=c1[nH]c(=O)n([C@H]2O[C@@H](CO)C(F)C2O)cc1Br. The van der Waals surface area contributed by atoms with Gasteiger partial charge >= 0.3 is 5.69 Å². The van der Waals surface area contributed by atoms with Gasteiger partial charge in [0.15, 0.2) is 12.4 Å². The summed E-state index contributed by atoms with van der Waals surface area (Å²) in [5, 5.41) is 18.5. The monoisotopic (exact) mass is 324 g/mol. The Balaban J connectivity index is 2.42. The van der Waals surface area contributed by atoms with Gasteiger partial charge in [-0.1, -0.05) is 0 Å². The van der Waals surface area contributed by atoms with E-state index in [0.29, 0.717) is 0 Å². The lowest BCUT2D eigenvalue weighted by Crippen LogP contribution is -2.37. The number of nitrogens with one attached hydrogen (secondary N) is 1. The van der Waals surface area contributed by atoms with Crippen molar-refractivity contribution < 1.29 is 19.3 Å². The highest BCUT2D eigenvalue weighted by Gasteiger charge is 2.45. The highest BCUT2D eigenvalue weighted by atomic mass is 79.9. The van der Waals surface area contributed by atoms with Gasteiger partial charge in [-0.25, -0.2) is 9.18 Å². The summed E-state index contributed by atoms with van der Waals surface area (Å²) in [6.45, 7) is -0.617. The van der Waals surface area contributed by atoms with Crippen molar-refractivity contribution in [2.24, 2.45) is 0 Å². The van der Waals surface area contributed by atoms with Crippen LogP contribution in [0.25, 0.3) is 0 Å². The predicted octanol–water partition coefficient (Wildman–Crippen LogP) is -1.11. The molecule has 0 amide bonds. The van der Waals surface area contributed by atoms with E-state index in [1.165, 1.54) is 0 Å². The molecule has 7 nitrogen and oxygen atoms in total. The van der Waals surface area contributed by atoms with Gasteiger partial charge in [0, 0.05) is 6.20 Å².